The number of carbonyl (C=O) groups is 1. The van der Waals surface area contributed by atoms with Gasteiger partial charge in [-0.2, -0.15) is 0 Å². The molecular formula is C24H31ClO2. The third-order valence-corrected chi connectivity index (χ3v) is 6.62. The van der Waals surface area contributed by atoms with E-state index in [1.807, 2.05) is 6.07 Å². The summed E-state index contributed by atoms with van der Waals surface area (Å²) in [6, 6.07) is 6.23. The standard InChI is InChI=1S/C24H31ClO2/c1-17-16-21(25)15-14-18(17)6-5-8-23-20-12-10-19(11-13-20)22(23)7-3-2-4-9-24(26)27/h3,7,10,12,14-16,19-20,22-23H,2,4-6,8-9,11,13H2,1H3,(H,26,27)/b7-3-/t19-,20+,22+,23+/m1/s1. The minimum absolute atomic E-state index is 0.269. The Kier molecular flexibility index (Phi) is 7.18. The third-order valence-electron chi connectivity index (χ3n) is 6.39. The lowest BCUT2D eigenvalue weighted by Gasteiger charge is -2.44. The Bertz CT molecular complexity index is 706. The molecule has 0 amide bonds. The maximum Gasteiger partial charge on any atom is 0.303 e. The molecule has 1 aromatic carbocycles. The number of carboxylic acid groups (broad SMARTS) is 1. The van der Waals surface area contributed by atoms with Crippen LogP contribution in [0.5, 0.6) is 0 Å². The first kappa shape index (κ1) is 20.2. The average Bonchev–Trinajstić information content (AvgIpc) is 2.64. The summed E-state index contributed by atoms with van der Waals surface area (Å²) in [6.07, 6.45) is 17.6. The molecule has 1 fully saturated rings. The number of unbranched alkanes of at least 4 members (excludes halogenated alkanes) is 1. The van der Waals surface area contributed by atoms with Gasteiger partial charge in [0, 0.05) is 11.4 Å². The van der Waals surface area contributed by atoms with E-state index >= 15 is 0 Å². The second kappa shape index (κ2) is 9.59. The molecule has 4 rings (SSSR count). The van der Waals surface area contributed by atoms with Gasteiger partial charge in [-0.3, -0.25) is 4.79 Å². The number of aryl methyl sites for hydroxylation is 2. The number of hydrogen-bond acceptors (Lipinski definition) is 1. The number of benzene rings is 1. The summed E-state index contributed by atoms with van der Waals surface area (Å²) in [5.74, 6) is 2.06. The Balaban J connectivity index is 1.55. The first-order valence-corrected chi connectivity index (χ1v) is 10.7. The van der Waals surface area contributed by atoms with Gasteiger partial charge in [-0.15, -0.1) is 0 Å². The largest absolute Gasteiger partial charge is 0.481 e. The topological polar surface area (TPSA) is 37.3 Å². The van der Waals surface area contributed by atoms with Gasteiger partial charge in [0.1, 0.15) is 0 Å². The van der Waals surface area contributed by atoms with Gasteiger partial charge in [0.15, 0.2) is 0 Å². The molecular weight excluding hydrogens is 356 g/mol. The van der Waals surface area contributed by atoms with Crippen LogP contribution >= 0.6 is 11.6 Å². The fraction of sp³-hybridized carbons (Fsp3) is 0.542. The molecule has 0 unspecified atom stereocenters. The molecule has 0 radical (unpaired) electrons. The van der Waals surface area contributed by atoms with Crippen molar-refractivity contribution in [3.63, 3.8) is 0 Å². The lowest BCUT2D eigenvalue weighted by atomic mass is 9.61. The van der Waals surface area contributed by atoms with E-state index in [-0.39, 0.29) is 6.42 Å². The number of rotatable bonds is 9. The molecule has 2 nitrogen and oxygen atoms in total. The summed E-state index contributed by atoms with van der Waals surface area (Å²) in [7, 11) is 0. The van der Waals surface area contributed by atoms with E-state index in [1.165, 1.54) is 36.8 Å². The third kappa shape index (κ3) is 5.48. The second-order valence-electron chi connectivity index (χ2n) is 8.21. The summed E-state index contributed by atoms with van der Waals surface area (Å²) in [5.41, 5.74) is 2.71. The Morgan fingerprint density at radius 3 is 2.70 bits per heavy atom. The Labute approximate surface area is 168 Å². The molecule has 4 atom stereocenters. The van der Waals surface area contributed by atoms with Crippen LogP contribution in [0.25, 0.3) is 0 Å². The maximum atomic E-state index is 10.7. The van der Waals surface area contributed by atoms with Crippen LogP contribution in [0.15, 0.2) is 42.5 Å². The Morgan fingerprint density at radius 1 is 1.22 bits per heavy atom. The van der Waals surface area contributed by atoms with Crippen LogP contribution in [0, 0.1) is 30.6 Å². The normalized spacial score (nSPS) is 26.7. The van der Waals surface area contributed by atoms with Gasteiger partial charge in [0.25, 0.3) is 0 Å². The number of allylic oxidation sites excluding steroid dienone is 4. The number of fused-ring (bicyclic) bond motifs is 2. The van der Waals surface area contributed by atoms with Crippen LogP contribution in [0.1, 0.15) is 56.1 Å². The molecule has 2 bridgehead atoms. The quantitative estimate of drug-likeness (QED) is 0.383. The van der Waals surface area contributed by atoms with Crippen LogP contribution in [-0.2, 0) is 11.2 Å². The van der Waals surface area contributed by atoms with E-state index in [4.69, 9.17) is 16.7 Å². The van der Waals surface area contributed by atoms with Crippen molar-refractivity contribution in [3.8, 4) is 0 Å². The van der Waals surface area contributed by atoms with Crippen molar-refractivity contribution in [2.45, 2.75) is 58.3 Å². The molecule has 3 aliphatic carbocycles. The predicted octanol–water partition coefficient (Wildman–Crippen LogP) is 6.61. The molecule has 1 saturated carbocycles. The fourth-order valence-electron chi connectivity index (χ4n) is 4.93. The zero-order valence-electron chi connectivity index (χ0n) is 16.2. The van der Waals surface area contributed by atoms with E-state index < -0.39 is 5.97 Å². The molecule has 0 aliphatic heterocycles. The minimum atomic E-state index is -0.696. The lowest BCUT2D eigenvalue weighted by molar-refractivity contribution is -0.137. The highest BCUT2D eigenvalue weighted by Gasteiger charge is 2.38. The van der Waals surface area contributed by atoms with Gasteiger partial charge >= 0.3 is 5.97 Å². The molecule has 27 heavy (non-hydrogen) atoms. The van der Waals surface area contributed by atoms with Crippen LogP contribution in [0.2, 0.25) is 5.02 Å². The Morgan fingerprint density at radius 2 is 2.00 bits per heavy atom. The monoisotopic (exact) mass is 386 g/mol. The van der Waals surface area contributed by atoms with Crippen molar-refractivity contribution in [2.24, 2.45) is 23.7 Å². The number of hydrogen-bond donors (Lipinski definition) is 1. The molecule has 0 heterocycles. The summed E-state index contributed by atoms with van der Waals surface area (Å²) >= 11 is 6.08. The average molecular weight is 387 g/mol. The SMILES string of the molecule is Cc1cc(Cl)ccc1CCC[C@@H]1[C@@H](/C=C\CCCC(=O)O)[C@@H]2C=C[C@H]1CC2. The van der Waals surface area contributed by atoms with Gasteiger partial charge in [-0.25, -0.2) is 0 Å². The molecule has 0 spiro atoms. The smallest absolute Gasteiger partial charge is 0.303 e. The maximum absolute atomic E-state index is 10.7. The van der Waals surface area contributed by atoms with Gasteiger partial charge < -0.3 is 5.11 Å². The number of aliphatic carboxylic acids is 1. The van der Waals surface area contributed by atoms with E-state index in [0.717, 1.165) is 36.1 Å². The van der Waals surface area contributed by atoms with Crippen LogP contribution in [-0.4, -0.2) is 11.1 Å². The summed E-state index contributed by atoms with van der Waals surface area (Å²) in [5, 5.41) is 9.59. The highest BCUT2D eigenvalue weighted by atomic mass is 35.5. The van der Waals surface area contributed by atoms with Gasteiger partial charge in [0.2, 0.25) is 0 Å². The highest BCUT2D eigenvalue weighted by molar-refractivity contribution is 6.30. The van der Waals surface area contributed by atoms with Gasteiger partial charge in [0.05, 0.1) is 0 Å². The number of halogens is 1. The van der Waals surface area contributed by atoms with Crippen molar-refractivity contribution >= 4 is 17.6 Å². The first-order valence-electron chi connectivity index (χ1n) is 10.4. The van der Waals surface area contributed by atoms with Crippen LogP contribution < -0.4 is 0 Å². The van der Waals surface area contributed by atoms with Gasteiger partial charge in [-0.1, -0.05) is 42.0 Å². The van der Waals surface area contributed by atoms with Crippen molar-refractivity contribution in [2.75, 3.05) is 0 Å². The molecule has 1 N–H and O–H groups in total. The zero-order chi connectivity index (χ0) is 19.2. The minimum Gasteiger partial charge on any atom is -0.481 e. The number of carboxylic acids is 1. The Hall–Kier alpha value is -1.54. The van der Waals surface area contributed by atoms with Crippen molar-refractivity contribution in [1.29, 1.82) is 0 Å². The summed E-state index contributed by atoms with van der Waals surface area (Å²) in [4.78, 5) is 10.7. The van der Waals surface area contributed by atoms with Crippen molar-refractivity contribution < 1.29 is 9.90 Å². The molecule has 1 aromatic rings. The predicted molar refractivity (Wildman–Crippen MR) is 112 cm³/mol. The van der Waals surface area contributed by atoms with E-state index in [1.54, 1.807) is 0 Å². The van der Waals surface area contributed by atoms with Crippen molar-refractivity contribution in [1.82, 2.24) is 0 Å². The molecule has 0 aromatic heterocycles. The highest BCUT2D eigenvalue weighted by Crippen LogP contribution is 2.47. The zero-order valence-corrected chi connectivity index (χ0v) is 17.0. The molecule has 146 valence electrons. The van der Waals surface area contributed by atoms with Crippen LogP contribution in [0.4, 0.5) is 0 Å². The van der Waals surface area contributed by atoms with E-state index in [2.05, 4.69) is 43.4 Å². The summed E-state index contributed by atoms with van der Waals surface area (Å²) in [6.45, 7) is 2.15. The second-order valence-corrected chi connectivity index (χ2v) is 8.64. The van der Waals surface area contributed by atoms with E-state index in [9.17, 15) is 4.79 Å². The van der Waals surface area contributed by atoms with Crippen molar-refractivity contribution in [3.05, 3.63) is 58.7 Å². The fourth-order valence-corrected chi connectivity index (χ4v) is 5.15. The molecule has 3 heteroatoms. The molecule has 0 saturated heterocycles. The first-order chi connectivity index (χ1) is 13.0. The summed E-state index contributed by atoms with van der Waals surface area (Å²) < 4.78 is 0. The molecule has 3 aliphatic rings. The van der Waals surface area contributed by atoms with Gasteiger partial charge in [-0.05, 0) is 98.8 Å². The lowest BCUT2D eigenvalue weighted by Crippen LogP contribution is -2.35. The van der Waals surface area contributed by atoms with Crippen LogP contribution in [0.3, 0.4) is 0 Å². The van der Waals surface area contributed by atoms with E-state index in [0.29, 0.717) is 11.8 Å².